The highest BCUT2D eigenvalue weighted by Gasteiger charge is 2.36. The number of aryl methyl sites for hydroxylation is 1. The molecule has 0 aliphatic carbocycles. The summed E-state index contributed by atoms with van der Waals surface area (Å²) in [4.78, 5) is 4.75. The van der Waals surface area contributed by atoms with E-state index in [1.807, 2.05) is 25.5 Å². The molecule has 0 unspecified atom stereocenters. The molecule has 1 aromatic heterocycles. The molecule has 0 bridgehead atoms. The lowest BCUT2D eigenvalue weighted by molar-refractivity contribution is 0.146. The number of alkyl halides is 1. The molecule has 4 rings (SSSR count). The molecule has 3 heterocycles. The van der Waals surface area contributed by atoms with Crippen LogP contribution in [0.3, 0.4) is 0 Å². The standard InChI is InChI=1S/C20H26FN3O3S2/c1-13-14(2)23(3)20(22-13)28-12-16-6-8-24(11-18(16)21)29(25,26)17-4-5-19-15(10-17)7-9-27-19/h4-5,10,16,18H,6-9,11-12H2,1-3H3/t16-,18+/m0/s1. The third kappa shape index (κ3) is 3.92. The Kier molecular flexibility index (Phi) is 5.65. The van der Waals surface area contributed by atoms with Crippen LogP contribution in [-0.2, 0) is 23.5 Å². The summed E-state index contributed by atoms with van der Waals surface area (Å²) < 4.78 is 49.6. The van der Waals surface area contributed by atoms with E-state index in [-0.39, 0.29) is 17.4 Å². The maximum Gasteiger partial charge on any atom is 0.243 e. The van der Waals surface area contributed by atoms with E-state index >= 15 is 0 Å². The van der Waals surface area contributed by atoms with Crippen LogP contribution in [0.2, 0.25) is 0 Å². The zero-order chi connectivity index (χ0) is 20.8. The van der Waals surface area contributed by atoms with Crippen LogP contribution in [0.25, 0.3) is 0 Å². The first kappa shape index (κ1) is 20.7. The largest absolute Gasteiger partial charge is 0.493 e. The van der Waals surface area contributed by atoms with Crippen LogP contribution in [0.4, 0.5) is 4.39 Å². The highest BCUT2D eigenvalue weighted by atomic mass is 32.2. The van der Waals surface area contributed by atoms with Gasteiger partial charge in [-0.25, -0.2) is 17.8 Å². The van der Waals surface area contributed by atoms with E-state index in [1.54, 1.807) is 30.0 Å². The number of rotatable bonds is 5. The molecule has 0 radical (unpaired) electrons. The van der Waals surface area contributed by atoms with Crippen LogP contribution in [-0.4, -0.2) is 53.9 Å². The minimum absolute atomic E-state index is 0.0975. The van der Waals surface area contributed by atoms with Crippen LogP contribution in [0, 0.1) is 19.8 Å². The third-order valence-corrected chi connectivity index (χ3v) is 9.02. The minimum atomic E-state index is -3.70. The molecule has 29 heavy (non-hydrogen) atoms. The molecule has 2 aliphatic rings. The molecule has 1 saturated heterocycles. The van der Waals surface area contributed by atoms with Crippen molar-refractivity contribution >= 4 is 21.8 Å². The number of piperidine rings is 1. The van der Waals surface area contributed by atoms with Gasteiger partial charge in [0.1, 0.15) is 11.9 Å². The molecule has 2 aliphatic heterocycles. The Hall–Kier alpha value is -1.58. The smallest absolute Gasteiger partial charge is 0.243 e. The predicted octanol–water partition coefficient (Wildman–Crippen LogP) is 3.11. The number of benzene rings is 1. The first-order chi connectivity index (χ1) is 13.8. The maximum atomic E-state index is 14.9. The van der Waals surface area contributed by atoms with Crippen LogP contribution < -0.4 is 4.74 Å². The molecule has 1 fully saturated rings. The minimum Gasteiger partial charge on any atom is -0.493 e. The molecule has 2 aromatic rings. The van der Waals surface area contributed by atoms with E-state index in [4.69, 9.17) is 4.74 Å². The van der Waals surface area contributed by atoms with Crippen LogP contribution in [0.1, 0.15) is 23.4 Å². The summed E-state index contributed by atoms with van der Waals surface area (Å²) in [7, 11) is -1.74. The molecule has 9 heteroatoms. The van der Waals surface area contributed by atoms with Gasteiger partial charge in [0, 0.05) is 43.9 Å². The Balaban J connectivity index is 1.41. The number of ether oxygens (including phenoxy) is 1. The molecule has 2 atom stereocenters. The number of hydrogen-bond donors (Lipinski definition) is 0. The number of halogens is 1. The molecule has 0 amide bonds. The SMILES string of the molecule is Cc1nc(SC[C@@H]2CCN(S(=O)(=O)c3ccc4c(c3)CCO4)C[C@H]2F)n(C)c1C. The number of sulfonamides is 1. The Morgan fingerprint density at radius 1 is 1.34 bits per heavy atom. The first-order valence-corrected chi connectivity index (χ1v) is 12.2. The van der Waals surface area contributed by atoms with Gasteiger partial charge in [0.15, 0.2) is 5.16 Å². The summed E-state index contributed by atoms with van der Waals surface area (Å²) in [6.45, 7) is 4.79. The van der Waals surface area contributed by atoms with Crippen LogP contribution in [0.15, 0.2) is 28.3 Å². The number of thioether (sulfide) groups is 1. The van der Waals surface area contributed by atoms with Crippen molar-refractivity contribution in [1.29, 1.82) is 0 Å². The van der Waals surface area contributed by atoms with Crippen molar-refractivity contribution in [2.24, 2.45) is 13.0 Å². The summed E-state index contributed by atoms with van der Waals surface area (Å²) >= 11 is 1.54. The van der Waals surface area contributed by atoms with Gasteiger partial charge in [-0.05, 0) is 44.0 Å². The van der Waals surface area contributed by atoms with Crippen LogP contribution >= 0.6 is 11.8 Å². The number of hydrogen-bond acceptors (Lipinski definition) is 5. The van der Waals surface area contributed by atoms with Gasteiger partial charge in [-0.3, -0.25) is 0 Å². The van der Waals surface area contributed by atoms with Crippen molar-refractivity contribution in [1.82, 2.24) is 13.9 Å². The quantitative estimate of drug-likeness (QED) is 0.670. The summed E-state index contributed by atoms with van der Waals surface area (Å²) in [5.41, 5.74) is 2.98. The number of fused-ring (bicyclic) bond motifs is 1. The predicted molar refractivity (Wildman–Crippen MR) is 111 cm³/mol. The topological polar surface area (TPSA) is 64.4 Å². The van der Waals surface area contributed by atoms with Gasteiger partial charge >= 0.3 is 0 Å². The van der Waals surface area contributed by atoms with Crippen molar-refractivity contribution < 1.29 is 17.5 Å². The normalized spacial score (nSPS) is 22.5. The molecule has 0 spiro atoms. The Morgan fingerprint density at radius 2 is 2.14 bits per heavy atom. The van der Waals surface area contributed by atoms with Gasteiger partial charge in [-0.2, -0.15) is 4.31 Å². The number of nitrogens with zero attached hydrogens (tertiary/aromatic N) is 3. The van der Waals surface area contributed by atoms with Gasteiger partial charge in [-0.15, -0.1) is 0 Å². The Labute approximate surface area is 175 Å². The van der Waals surface area contributed by atoms with Gasteiger partial charge in [0.25, 0.3) is 0 Å². The van der Waals surface area contributed by atoms with Crippen molar-refractivity contribution in [3.05, 3.63) is 35.2 Å². The lowest BCUT2D eigenvalue weighted by Crippen LogP contribution is -2.45. The molecule has 6 nitrogen and oxygen atoms in total. The lowest BCUT2D eigenvalue weighted by Gasteiger charge is -2.33. The van der Waals surface area contributed by atoms with E-state index in [9.17, 15) is 12.8 Å². The Morgan fingerprint density at radius 3 is 2.83 bits per heavy atom. The monoisotopic (exact) mass is 439 g/mol. The second-order valence-corrected chi connectivity index (χ2v) is 10.7. The van der Waals surface area contributed by atoms with Crippen molar-refractivity contribution in [2.75, 3.05) is 25.4 Å². The van der Waals surface area contributed by atoms with E-state index in [2.05, 4.69) is 4.98 Å². The van der Waals surface area contributed by atoms with E-state index in [1.165, 1.54) is 4.31 Å². The molecular weight excluding hydrogens is 413 g/mol. The average Bonchev–Trinajstić information content (AvgIpc) is 3.26. The van der Waals surface area contributed by atoms with Gasteiger partial charge in [-0.1, -0.05) is 11.8 Å². The summed E-state index contributed by atoms with van der Waals surface area (Å²) in [5, 5.41) is 0.877. The molecule has 0 saturated carbocycles. The molecule has 0 N–H and O–H groups in total. The summed E-state index contributed by atoms with van der Waals surface area (Å²) in [6.07, 6.45) is 0.0194. The average molecular weight is 440 g/mol. The van der Waals surface area contributed by atoms with Gasteiger partial charge in [0.05, 0.1) is 17.2 Å². The lowest BCUT2D eigenvalue weighted by atomic mass is 9.98. The van der Waals surface area contributed by atoms with Crippen LogP contribution in [0.5, 0.6) is 5.75 Å². The second kappa shape index (κ2) is 7.92. The third-order valence-electron chi connectivity index (χ3n) is 5.94. The second-order valence-electron chi connectivity index (χ2n) is 7.73. The fourth-order valence-corrected chi connectivity index (χ4v) is 6.58. The Bertz CT molecular complexity index is 1020. The fourth-order valence-electron chi connectivity index (χ4n) is 3.80. The van der Waals surface area contributed by atoms with Crippen molar-refractivity contribution in [3.8, 4) is 5.75 Å². The zero-order valence-electron chi connectivity index (χ0n) is 16.9. The number of imidazole rings is 1. The summed E-state index contributed by atoms with van der Waals surface area (Å²) in [5.74, 6) is 1.15. The molecule has 1 aromatic carbocycles. The summed E-state index contributed by atoms with van der Waals surface area (Å²) in [6, 6.07) is 4.92. The van der Waals surface area contributed by atoms with Crippen molar-refractivity contribution in [3.63, 3.8) is 0 Å². The maximum absolute atomic E-state index is 14.9. The van der Waals surface area contributed by atoms with Crippen molar-refractivity contribution in [2.45, 2.75) is 42.9 Å². The fraction of sp³-hybridized carbons (Fsp3) is 0.550. The zero-order valence-corrected chi connectivity index (χ0v) is 18.5. The highest BCUT2D eigenvalue weighted by Crippen LogP contribution is 2.33. The van der Waals surface area contributed by atoms with Gasteiger partial charge < -0.3 is 9.30 Å². The molecular formula is C20H26FN3O3S2. The van der Waals surface area contributed by atoms with Gasteiger partial charge in [0.2, 0.25) is 10.0 Å². The molecule has 158 valence electrons. The van der Waals surface area contributed by atoms with E-state index in [0.717, 1.165) is 27.9 Å². The van der Waals surface area contributed by atoms with E-state index in [0.29, 0.717) is 31.7 Å². The number of aromatic nitrogens is 2. The first-order valence-electron chi connectivity index (χ1n) is 9.80. The highest BCUT2D eigenvalue weighted by molar-refractivity contribution is 7.99. The van der Waals surface area contributed by atoms with E-state index < -0.39 is 16.2 Å².